The zero-order chi connectivity index (χ0) is 14.4. The number of aryl methyl sites for hydroxylation is 2. The zero-order valence-corrected chi connectivity index (χ0v) is 11.5. The van der Waals surface area contributed by atoms with E-state index in [0.717, 1.165) is 11.6 Å². The fourth-order valence-electron chi connectivity index (χ4n) is 1.95. The first-order valence-corrected chi connectivity index (χ1v) is 5.88. The van der Waals surface area contributed by atoms with Crippen LogP contribution in [0.4, 0.5) is 0 Å². The maximum Gasteiger partial charge on any atom is 0.290 e. The van der Waals surface area contributed by atoms with Crippen LogP contribution in [0.1, 0.15) is 29.6 Å². The average Bonchev–Trinajstić information content (AvgIpc) is 2.86. The van der Waals surface area contributed by atoms with Crippen molar-refractivity contribution in [3.05, 3.63) is 40.9 Å². The van der Waals surface area contributed by atoms with Gasteiger partial charge in [-0.3, -0.25) is 9.36 Å². The molecule has 0 aliphatic heterocycles. The Labute approximate surface area is 112 Å². The van der Waals surface area contributed by atoms with Crippen LogP contribution in [-0.4, -0.2) is 21.3 Å². The molecule has 0 saturated carbocycles. The van der Waals surface area contributed by atoms with Crippen LogP contribution in [0.5, 0.6) is 0 Å². The average molecular weight is 262 g/mol. The van der Waals surface area contributed by atoms with E-state index in [4.69, 9.17) is 14.4 Å². The maximum atomic E-state index is 8.36. The van der Waals surface area contributed by atoms with E-state index in [0.29, 0.717) is 0 Å². The Kier molecular flexibility index (Phi) is 5.11. The van der Waals surface area contributed by atoms with Gasteiger partial charge in [0, 0.05) is 17.5 Å². The van der Waals surface area contributed by atoms with Crippen LogP contribution in [0.25, 0.3) is 11.9 Å². The highest BCUT2D eigenvalue weighted by Crippen LogP contribution is 2.21. The summed E-state index contributed by atoms with van der Waals surface area (Å²) in [4.78, 5) is 8.36. The molecule has 0 amide bonds. The third-order valence-corrected chi connectivity index (χ3v) is 2.66. The molecule has 5 heteroatoms. The molecule has 2 aromatic heterocycles. The fraction of sp³-hybridized carbons (Fsp3) is 0.286. The molecule has 0 saturated heterocycles. The summed E-state index contributed by atoms with van der Waals surface area (Å²) in [5.74, 6) is 1.68. The van der Waals surface area contributed by atoms with E-state index in [1.165, 1.54) is 17.0 Å². The number of rotatable bonds is 2. The molecule has 0 fully saturated rings. The number of allylic oxidation sites excluding steroid dienone is 1. The van der Waals surface area contributed by atoms with Gasteiger partial charge in [0.25, 0.3) is 6.47 Å². The lowest BCUT2D eigenvalue weighted by Crippen LogP contribution is -1.98. The smallest absolute Gasteiger partial charge is 0.290 e. The first kappa shape index (κ1) is 14.8. The van der Waals surface area contributed by atoms with Crippen LogP contribution >= 0.6 is 0 Å². The Morgan fingerprint density at radius 3 is 2.42 bits per heavy atom. The van der Waals surface area contributed by atoms with E-state index in [1.54, 1.807) is 0 Å². The van der Waals surface area contributed by atoms with Crippen LogP contribution in [0.3, 0.4) is 0 Å². The van der Waals surface area contributed by atoms with Crippen molar-refractivity contribution in [3.63, 3.8) is 0 Å². The molecule has 0 spiro atoms. The summed E-state index contributed by atoms with van der Waals surface area (Å²) in [7, 11) is 0. The lowest BCUT2D eigenvalue weighted by Gasteiger charge is -2.03. The summed E-state index contributed by atoms with van der Waals surface area (Å²) in [5, 5.41) is 10.9. The van der Waals surface area contributed by atoms with Crippen LogP contribution in [0.15, 0.2) is 22.7 Å². The Balaban J connectivity index is 0.000000550. The Hall–Kier alpha value is -2.30. The Morgan fingerprint density at radius 2 is 1.95 bits per heavy atom. The van der Waals surface area contributed by atoms with Crippen molar-refractivity contribution in [2.45, 2.75) is 27.7 Å². The van der Waals surface area contributed by atoms with Crippen LogP contribution in [0, 0.1) is 20.8 Å². The number of carbonyl (C=O) groups is 1. The van der Waals surface area contributed by atoms with E-state index in [-0.39, 0.29) is 6.47 Å². The van der Waals surface area contributed by atoms with Gasteiger partial charge in [-0.2, -0.15) is 0 Å². The number of hydrogen-bond donors (Lipinski definition) is 1. The van der Waals surface area contributed by atoms with Crippen molar-refractivity contribution in [1.29, 1.82) is 0 Å². The van der Waals surface area contributed by atoms with Gasteiger partial charge >= 0.3 is 0 Å². The molecule has 102 valence electrons. The Morgan fingerprint density at radius 1 is 1.32 bits per heavy atom. The molecule has 1 N–H and O–H groups in total. The molecule has 0 aromatic carbocycles. The van der Waals surface area contributed by atoms with Crippen molar-refractivity contribution in [1.82, 2.24) is 9.72 Å². The van der Waals surface area contributed by atoms with Gasteiger partial charge in [-0.15, -0.1) is 0 Å². The normalized spacial score (nSPS) is 10.3. The zero-order valence-electron chi connectivity index (χ0n) is 11.5. The molecule has 2 heterocycles. The summed E-state index contributed by atoms with van der Waals surface area (Å²) in [6.45, 7) is 7.83. The summed E-state index contributed by atoms with van der Waals surface area (Å²) in [6, 6.07) is 4.10. The molecular weight excluding hydrogens is 244 g/mol. The highest BCUT2D eigenvalue weighted by atomic mass is 16.5. The molecule has 19 heavy (non-hydrogen) atoms. The quantitative estimate of drug-likeness (QED) is 0.844. The summed E-state index contributed by atoms with van der Waals surface area (Å²) >= 11 is 0. The predicted molar refractivity (Wildman–Crippen MR) is 73.4 cm³/mol. The van der Waals surface area contributed by atoms with Gasteiger partial charge in [-0.25, -0.2) is 0 Å². The van der Waals surface area contributed by atoms with E-state index >= 15 is 0 Å². The Bertz CT molecular complexity index is 580. The highest BCUT2D eigenvalue weighted by Gasteiger charge is 2.11. The summed E-state index contributed by atoms with van der Waals surface area (Å²) < 4.78 is 7.21. The van der Waals surface area contributed by atoms with Crippen molar-refractivity contribution < 1.29 is 14.4 Å². The van der Waals surface area contributed by atoms with E-state index in [1.807, 2.05) is 26.0 Å². The van der Waals surface area contributed by atoms with Gasteiger partial charge in [0.15, 0.2) is 5.82 Å². The van der Waals surface area contributed by atoms with Gasteiger partial charge < -0.3 is 9.63 Å². The topological polar surface area (TPSA) is 68.3 Å². The molecule has 0 atom stereocenters. The van der Waals surface area contributed by atoms with Crippen molar-refractivity contribution in [2.24, 2.45) is 0 Å². The van der Waals surface area contributed by atoms with Crippen molar-refractivity contribution in [3.8, 4) is 5.82 Å². The van der Waals surface area contributed by atoms with E-state index in [9.17, 15) is 0 Å². The first-order valence-electron chi connectivity index (χ1n) is 5.88. The lowest BCUT2D eigenvalue weighted by atomic mass is 10.2. The van der Waals surface area contributed by atoms with Crippen LogP contribution < -0.4 is 0 Å². The van der Waals surface area contributed by atoms with Crippen LogP contribution in [-0.2, 0) is 4.79 Å². The van der Waals surface area contributed by atoms with Gasteiger partial charge in [-0.1, -0.05) is 17.3 Å². The minimum Gasteiger partial charge on any atom is -0.483 e. The van der Waals surface area contributed by atoms with Crippen molar-refractivity contribution in [2.75, 3.05) is 0 Å². The standard InChI is InChI=1S/C13H16N2O.CH2O2/c1-5-6-12-7-9(2)15(11(12)4)13-8-10(3)16-14-13;2-1-3/h5-8H,1-4H3;1H,(H,2,3)/b6-5+;. The second-order valence-corrected chi connectivity index (χ2v) is 4.06. The molecule has 0 radical (unpaired) electrons. The molecule has 0 aliphatic rings. The highest BCUT2D eigenvalue weighted by molar-refractivity contribution is 5.55. The maximum absolute atomic E-state index is 8.36. The third-order valence-electron chi connectivity index (χ3n) is 2.66. The molecule has 0 aliphatic carbocycles. The van der Waals surface area contributed by atoms with Gasteiger partial charge in [0.1, 0.15) is 5.76 Å². The second-order valence-electron chi connectivity index (χ2n) is 4.06. The molecule has 0 bridgehead atoms. The van der Waals surface area contributed by atoms with Gasteiger partial charge in [0.05, 0.1) is 0 Å². The van der Waals surface area contributed by atoms with Gasteiger partial charge in [-0.05, 0) is 39.3 Å². The predicted octanol–water partition coefficient (Wildman–Crippen LogP) is 3.12. The summed E-state index contributed by atoms with van der Waals surface area (Å²) in [5.41, 5.74) is 3.57. The lowest BCUT2D eigenvalue weighted by molar-refractivity contribution is -0.122. The van der Waals surface area contributed by atoms with Gasteiger partial charge in [0.2, 0.25) is 0 Å². The van der Waals surface area contributed by atoms with Crippen molar-refractivity contribution >= 4 is 12.5 Å². The largest absolute Gasteiger partial charge is 0.483 e. The first-order chi connectivity index (χ1) is 9.04. The number of aromatic nitrogens is 2. The van der Waals surface area contributed by atoms with E-state index in [2.05, 4.69) is 35.7 Å². The summed E-state index contributed by atoms with van der Waals surface area (Å²) in [6.07, 6.45) is 4.14. The molecular formula is C14H18N2O3. The van der Waals surface area contributed by atoms with E-state index < -0.39 is 0 Å². The SMILES string of the molecule is C/C=C/c1cc(C)n(-c2cc(C)on2)c1C.O=CO. The van der Waals surface area contributed by atoms with Crippen LogP contribution in [0.2, 0.25) is 0 Å². The molecule has 2 rings (SSSR count). The number of carboxylic acid groups (broad SMARTS) is 1. The molecule has 2 aromatic rings. The monoisotopic (exact) mass is 262 g/mol. The fourth-order valence-corrected chi connectivity index (χ4v) is 1.95. The number of hydrogen-bond acceptors (Lipinski definition) is 3. The third kappa shape index (κ3) is 3.34. The molecule has 0 unspecified atom stereocenters. The number of nitrogens with zero attached hydrogens (tertiary/aromatic N) is 2. The minimum atomic E-state index is -0.250. The minimum absolute atomic E-state index is 0.250. The molecule has 5 nitrogen and oxygen atoms in total. The second kappa shape index (κ2) is 6.58.